The predicted molar refractivity (Wildman–Crippen MR) is 93.1 cm³/mol. The van der Waals surface area contributed by atoms with Crippen molar-refractivity contribution in [3.8, 4) is 5.75 Å². The fraction of sp³-hybridized carbons (Fsp3) is 0.316. The number of hydrogen-bond acceptors (Lipinski definition) is 3. The van der Waals surface area contributed by atoms with Gasteiger partial charge in [-0.05, 0) is 43.2 Å². The molecule has 0 N–H and O–H groups in total. The van der Waals surface area contributed by atoms with E-state index in [1.54, 1.807) is 11.8 Å². The molecule has 2 aromatic rings. The maximum absolute atomic E-state index is 11.8. The Hall–Kier alpha value is -1.74. The van der Waals surface area contributed by atoms with Crippen LogP contribution in [0.4, 0.5) is 0 Å². The van der Waals surface area contributed by atoms with Gasteiger partial charge >= 0.3 is 0 Å². The summed E-state index contributed by atoms with van der Waals surface area (Å²) in [7, 11) is 0. The Morgan fingerprint density at radius 3 is 2.59 bits per heavy atom. The summed E-state index contributed by atoms with van der Waals surface area (Å²) in [4.78, 5) is 12.9. The van der Waals surface area contributed by atoms with Crippen LogP contribution in [0.2, 0.25) is 0 Å². The van der Waals surface area contributed by atoms with E-state index in [1.165, 1.54) is 10.5 Å². The zero-order valence-electron chi connectivity index (χ0n) is 13.2. The van der Waals surface area contributed by atoms with Crippen LogP contribution in [0.25, 0.3) is 0 Å². The van der Waals surface area contributed by atoms with Gasteiger partial charge in [0.1, 0.15) is 5.75 Å². The molecule has 0 amide bonds. The van der Waals surface area contributed by atoms with Crippen LogP contribution in [0.5, 0.6) is 5.75 Å². The van der Waals surface area contributed by atoms with E-state index in [2.05, 4.69) is 13.0 Å². The summed E-state index contributed by atoms with van der Waals surface area (Å²) in [6.45, 7) is 4.75. The molecular formula is C19H22O2S. The number of benzene rings is 2. The van der Waals surface area contributed by atoms with Crippen molar-refractivity contribution in [1.29, 1.82) is 0 Å². The number of rotatable bonds is 8. The summed E-state index contributed by atoms with van der Waals surface area (Å²) in [6.07, 6.45) is 1.52. The molecule has 0 aliphatic rings. The lowest BCUT2D eigenvalue weighted by Gasteiger charge is -2.07. The van der Waals surface area contributed by atoms with Crippen LogP contribution < -0.4 is 4.74 Å². The number of ether oxygens (including phenoxy) is 1. The summed E-state index contributed by atoms with van der Waals surface area (Å²) in [5, 5.41) is 0. The Morgan fingerprint density at radius 2 is 1.91 bits per heavy atom. The topological polar surface area (TPSA) is 26.3 Å². The Bertz CT molecular complexity index is 605. The Morgan fingerprint density at radius 1 is 1.14 bits per heavy atom. The lowest BCUT2D eigenvalue weighted by atomic mass is 10.1. The van der Waals surface area contributed by atoms with E-state index in [0.717, 1.165) is 23.5 Å². The SMILES string of the molecule is CCCC(=O)c1ccc(SCCOc2cccc(C)c2)cc1. The first-order valence-corrected chi connectivity index (χ1v) is 8.63. The minimum absolute atomic E-state index is 0.224. The molecule has 0 aliphatic heterocycles. The summed E-state index contributed by atoms with van der Waals surface area (Å²) < 4.78 is 5.73. The number of thioether (sulfide) groups is 1. The minimum Gasteiger partial charge on any atom is -0.493 e. The number of aryl methyl sites for hydroxylation is 1. The first-order chi connectivity index (χ1) is 10.7. The smallest absolute Gasteiger partial charge is 0.162 e. The molecule has 116 valence electrons. The lowest BCUT2D eigenvalue weighted by molar-refractivity contribution is 0.0981. The van der Waals surface area contributed by atoms with E-state index in [9.17, 15) is 4.79 Å². The maximum atomic E-state index is 11.8. The highest BCUT2D eigenvalue weighted by Gasteiger charge is 2.04. The zero-order chi connectivity index (χ0) is 15.8. The van der Waals surface area contributed by atoms with Gasteiger partial charge in [-0.25, -0.2) is 0 Å². The molecule has 2 rings (SSSR count). The fourth-order valence-corrected chi connectivity index (χ4v) is 2.86. The molecule has 0 spiro atoms. The van der Waals surface area contributed by atoms with Gasteiger partial charge in [0.2, 0.25) is 0 Å². The molecule has 0 fully saturated rings. The van der Waals surface area contributed by atoms with Gasteiger partial charge in [-0.1, -0.05) is 31.2 Å². The molecule has 0 unspecified atom stereocenters. The van der Waals surface area contributed by atoms with E-state index < -0.39 is 0 Å². The minimum atomic E-state index is 0.224. The van der Waals surface area contributed by atoms with Crippen molar-refractivity contribution >= 4 is 17.5 Å². The number of carbonyl (C=O) groups is 1. The van der Waals surface area contributed by atoms with Crippen LogP contribution in [0.1, 0.15) is 35.7 Å². The lowest BCUT2D eigenvalue weighted by Crippen LogP contribution is -2.00. The molecule has 2 nitrogen and oxygen atoms in total. The molecule has 0 radical (unpaired) electrons. The summed E-state index contributed by atoms with van der Waals surface area (Å²) in [5.41, 5.74) is 2.01. The number of ketones is 1. The third-order valence-corrected chi connectivity index (χ3v) is 4.24. The van der Waals surface area contributed by atoms with Crippen molar-refractivity contribution in [3.05, 3.63) is 59.7 Å². The zero-order valence-corrected chi connectivity index (χ0v) is 14.0. The third-order valence-electron chi connectivity index (χ3n) is 3.26. The molecular weight excluding hydrogens is 292 g/mol. The second-order valence-electron chi connectivity index (χ2n) is 5.21. The molecule has 3 heteroatoms. The van der Waals surface area contributed by atoms with E-state index >= 15 is 0 Å². The fourth-order valence-electron chi connectivity index (χ4n) is 2.13. The monoisotopic (exact) mass is 314 g/mol. The molecule has 0 saturated carbocycles. The predicted octanol–water partition coefficient (Wildman–Crippen LogP) is 5.15. The van der Waals surface area contributed by atoms with Gasteiger partial charge in [0.15, 0.2) is 5.78 Å². The van der Waals surface area contributed by atoms with E-state index in [4.69, 9.17) is 4.74 Å². The molecule has 22 heavy (non-hydrogen) atoms. The molecule has 0 atom stereocenters. The first-order valence-electron chi connectivity index (χ1n) is 7.64. The van der Waals surface area contributed by atoms with Crippen LogP contribution in [0.3, 0.4) is 0 Å². The van der Waals surface area contributed by atoms with E-state index in [1.807, 2.05) is 49.4 Å². The van der Waals surface area contributed by atoms with Gasteiger partial charge < -0.3 is 4.74 Å². The average Bonchev–Trinajstić information content (AvgIpc) is 2.52. The van der Waals surface area contributed by atoms with Crippen molar-refractivity contribution < 1.29 is 9.53 Å². The van der Waals surface area contributed by atoms with Gasteiger partial charge in [0.25, 0.3) is 0 Å². The summed E-state index contributed by atoms with van der Waals surface area (Å²) >= 11 is 1.74. The highest BCUT2D eigenvalue weighted by molar-refractivity contribution is 7.99. The molecule has 0 aromatic heterocycles. The van der Waals surface area contributed by atoms with Crippen molar-refractivity contribution in [3.63, 3.8) is 0 Å². The van der Waals surface area contributed by atoms with Crippen LogP contribution in [-0.4, -0.2) is 18.1 Å². The van der Waals surface area contributed by atoms with E-state index in [-0.39, 0.29) is 5.78 Å². The Balaban J connectivity index is 1.76. The average molecular weight is 314 g/mol. The second kappa shape index (κ2) is 8.64. The molecule has 0 aliphatic carbocycles. The number of hydrogen-bond donors (Lipinski definition) is 0. The number of Topliss-reactive ketones (excluding diaryl/α,β-unsaturated/α-hetero) is 1. The van der Waals surface area contributed by atoms with Crippen molar-refractivity contribution in [2.75, 3.05) is 12.4 Å². The highest BCUT2D eigenvalue weighted by atomic mass is 32.2. The van der Waals surface area contributed by atoms with Crippen LogP contribution in [-0.2, 0) is 0 Å². The van der Waals surface area contributed by atoms with E-state index in [0.29, 0.717) is 13.0 Å². The summed E-state index contributed by atoms with van der Waals surface area (Å²) in [5.74, 6) is 2.03. The van der Waals surface area contributed by atoms with Crippen LogP contribution in [0.15, 0.2) is 53.4 Å². The van der Waals surface area contributed by atoms with Gasteiger partial charge in [-0.2, -0.15) is 0 Å². The summed E-state index contributed by atoms with van der Waals surface area (Å²) in [6, 6.07) is 15.9. The van der Waals surface area contributed by atoms with Gasteiger partial charge in [-0.15, -0.1) is 11.8 Å². The van der Waals surface area contributed by atoms with Crippen molar-refractivity contribution in [2.24, 2.45) is 0 Å². The van der Waals surface area contributed by atoms with Gasteiger partial charge in [0, 0.05) is 22.6 Å². The normalized spacial score (nSPS) is 10.5. The molecule has 0 saturated heterocycles. The largest absolute Gasteiger partial charge is 0.493 e. The van der Waals surface area contributed by atoms with Crippen LogP contribution in [0, 0.1) is 6.92 Å². The second-order valence-corrected chi connectivity index (χ2v) is 6.38. The maximum Gasteiger partial charge on any atom is 0.162 e. The molecule has 0 heterocycles. The molecule has 2 aromatic carbocycles. The van der Waals surface area contributed by atoms with Crippen LogP contribution >= 0.6 is 11.8 Å². The number of carbonyl (C=O) groups excluding carboxylic acids is 1. The van der Waals surface area contributed by atoms with Crippen molar-refractivity contribution in [2.45, 2.75) is 31.6 Å². The molecule has 0 bridgehead atoms. The van der Waals surface area contributed by atoms with Gasteiger partial charge in [0.05, 0.1) is 6.61 Å². The Labute approximate surface area is 136 Å². The first kappa shape index (κ1) is 16.6. The van der Waals surface area contributed by atoms with Crippen molar-refractivity contribution in [1.82, 2.24) is 0 Å². The quantitative estimate of drug-likeness (QED) is 0.383. The Kier molecular flexibility index (Phi) is 6.53. The standard InChI is InChI=1S/C19H22O2S/c1-3-5-19(20)16-8-10-18(11-9-16)22-13-12-21-17-7-4-6-15(2)14-17/h4,6-11,14H,3,5,12-13H2,1-2H3. The highest BCUT2D eigenvalue weighted by Crippen LogP contribution is 2.20. The third kappa shape index (κ3) is 5.23. The van der Waals surface area contributed by atoms with Gasteiger partial charge in [-0.3, -0.25) is 4.79 Å².